The Morgan fingerprint density at radius 3 is 2.33 bits per heavy atom. The fourth-order valence-corrected chi connectivity index (χ4v) is 4.24. The van der Waals surface area contributed by atoms with Crippen LogP contribution in [0.15, 0.2) is 16.9 Å². The summed E-state index contributed by atoms with van der Waals surface area (Å²) in [6, 6.07) is 1.80. The molecule has 2 aliphatic rings. The molecule has 1 saturated heterocycles. The lowest BCUT2D eigenvalue weighted by Gasteiger charge is -2.27. The molecule has 1 aromatic rings. The zero-order valence-corrected chi connectivity index (χ0v) is 16.7. The molecule has 2 unspecified atom stereocenters. The van der Waals surface area contributed by atoms with E-state index in [2.05, 4.69) is 18.7 Å². The number of halogens is 3. The molecule has 0 aromatic carbocycles. The number of ketones is 1. The first-order chi connectivity index (χ1) is 12.5. The summed E-state index contributed by atoms with van der Waals surface area (Å²) >= 11 is 0. The van der Waals surface area contributed by atoms with Crippen molar-refractivity contribution in [1.82, 2.24) is 9.47 Å². The standard InChI is InChI=1S/C18H23F3N2O2.C2H6/c1-11(24)12-4-5-15(18(19,20)21)23(16(12)25)9-8-22-7-6-13-14(10-22)17(13,2)3;1-2/h4-5,13-14H,6-10H2,1-3H3;1-2H3. The lowest BCUT2D eigenvalue weighted by Crippen LogP contribution is -2.38. The van der Waals surface area contributed by atoms with Crippen molar-refractivity contribution in [2.45, 2.75) is 53.8 Å². The van der Waals surface area contributed by atoms with Gasteiger partial charge in [-0.1, -0.05) is 27.7 Å². The van der Waals surface area contributed by atoms with Gasteiger partial charge in [0.15, 0.2) is 5.78 Å². The van der Waals surface area contributed by atoms with Gasteiger partial charge in [-0.05, 0) is 49.3 Å². The van der Waals surface area contributed by atoms with Crippen LogP contribution in [0.4, 0.5) is 13.2 Å². The second-order valence-corrected chi connectivity index (χ2v) is 7.77. The molecule has 4 nitrogen and oxygen atoms in total. The summed E-state index contributed by atoms with van der Waals surface area (Å²) < 4.78 is 40.4. The summed E-state index contributed by atoms with van der Waals surface area (Å²) in [5.41, 5.74) is -1.74. The maximum absolute atomic E-state index is 13.2. The molecule has 152 valence electrons. The third kappa shape index (κ3) is 4.28. The van der Waals surface area contributed by atoms with E-state index < -0.39 is 23.2 Å². The Morgan fingerprint density at radius 1 is 1.19 bits per heavy atom. The smallest absolute Gasteiger partial charge is 0.303 e. The average molecular weight is 386 g/mol. The van der Waals surface area contributed by atoms with E-state index in [-0.39, 0.29) is 12.1 Å². The monoisotopic (exact) mass is 386 g/mol. The molecule has 0 spiro atoms. The van der Waals surface area contributed by atoms with Gasteiger partial charge in [0.05, 0.1) is 5.56 Å². The number of likely N-dealkylation sites (tertiary alicyclic amines) is 1. The lowest BCUT2D eigenvalue weighted by atomic mass is 10.1. The highest BCUT2D eigenvalue weighted by Crippen LogP contribution is 2.61. The van der Waals surface area contributed by atoms with Crippen molar-refractivity contribution in [3.05, 3.63) is 33.7 Å². The van der Waals surface area contributed by atoms with Gasteiger partial charge in [-0.3, -0.25) is 9.59 Å². The van der Waals surface area contributed by atoms with Crippen LogP contribution < -0.4 is 5.56 Å². The number of hydrogen-bond acceptors (Lipinski definition) is 3. The van der Waals surface area contributed by atoms with Crippen molar-refractivity contribution >= 4 is 5.78 Å². The Kier molecular flexibility index (Phi) is 6.24. The Balaban J connectivity index is 0.00000126. The summed E-state index contributed by atoms with van der Waals surface area (Å²) in [4.78, 5) is 26.0. The molecule has 1 aromatic heterocycles. The number of pyridine rings is 1. The van der Waals surface area contributed by atoms with Crippen LogP contribution in [0.3, 0.4) is 0 Å². The van der Waals surface area contributed by atoms with Gasteiger partial charge in [0, 0.05) is 19.6 Å². The first kappa shape index (κ1) is 21.7. The van der Waals surface area contributed by atoms with Crippen molar-refractivity contribution in [3.8, 4) is 0 Å². The number of carbonyl (C=O) groups excluding carboxylic acids is 1. The third-order valence-corrected chi connectivity index (χ3v) is 5.98. The zero-order chi connectivity index (χ0) is 20.6. The number of hydrogen-bond donors (Lipinski definition) is 0. The van der Waals surface area contributed by atoms with Crippen molar-refractivity contribution in [2.24, 2.45) is 17.3 Å². The fraction of sp³-hybridized carbons (Fsp3) is 0.700. The molecule has 0 amide bonds. The molecule has 3 rings (SSSR count). The van der Waals surface area contributed by atoms with E-state index in [0.717, 1.165) is 31.6 Å². The van der Waals surface area contributed by atoms with E-state index in [1.165, 1.54) is 6.92 Å². The Labute approximate surface area is 158 Å². The topological polar surface area (TPSA) is 42.3 Å². The molecular formula is C20H29F3N2O2. The van der Waals surface area contributed by atoms with Gasteiger partial charge in [0.2, 0.25) is 0 Å². The minimum atomic E-state index is -4.63. The zero-order valence-electron chi connectivity index (χ0n) is 16.7. The maximum Gasteiger partial charge on any atom is 0.431 e. The molecule has 2 heterocycles. The van der Waals surface area contributed by atoms with E-state index in [1.54, 1.807) is 0 Å². The summed E-state index contributed by atoms with van der Waals surface area (Å²) in [6.45, 7) is 11.7. The number of alkyl halides is 3. The van der Waals surface area contributed by atoms with E-state index in [1.807, 2.05) is 13.8 Å². The van der Waals surface area contributed by atoms with Crippen LogP contribution in [0.1, 0.15) is 57.1 Å². The van der Waals surface area contributed by atoms with E-state index >= 15 is 0 Å². The number of aromatic nitrogens is 1. The van der Waals surface area contributed by atoms with Crippen LogP contribution >= 0.6 is 0 Å². The van der Waals surface area contributed by atoms with Crippen molar-refractivity contribution in [3.63, 3.8) is 0 Å². The van der Waals surface area contributed by atoms with Gasteiger partial charge in [-0.2, -0.15) is 13.2 Å². The second-order valence-electron chi connectivity index (χ2n) is 7.77. The molecule has 7 heteroatoms. The Bertz CT molecular complexity index is 753. The number of carbonyl (C=O) groups is 1. The largest absolute Gasteiger partial charge is 0.431 e. The van der Waals surface area contributed by atoms with Crippen molar-refractivity contribution in [1.29, 1.82) is 0 Å². The van der Waals surface area contributed by atoms with Crippen LogP contribution in [0.25, 0.3) is 0 Å². The van der Waals surface area contributed by atoms with Crippen LogP contribution in [-0.2, 0) is 12.7 Å². The SMILES string of the molecule is CC.CC(=O)c1ccc(C(F)(F)F)n(CCN2CCC3C(C2)C3(C)C)c1=O. The average Bonchev–Trinajstić information content (AvgIpc) is 3.14. The number of piperidine rings is 1. The highest BCUT2D eigenvalue weighted by molar-refractivity contribution is 5.93. The Morgan fingerprint density at radius 2 is 1.81 bits per heavy atom. The maximum atomic E-state index is 13.2. The van der Waals surface area contributed by atoms with Gasteiger partial charge in [-0.15, -0.1) is 0 Å². The summed E-state index contributed by atoms with van der Waals surface area (Å²) in [6.07, 6.45) is -3.58. The van der Waals surface area contributed by atoms with Crippen LogP contribution in [-0.4, -0.2) is 34.9 Å². The van der Waals surface area contributed by atoms with E-state index in [4.69, 9.17) is 0 Å². The highest BCUT2D eigenvalue weighted by atomic mass is 19.4. The molecule has 1 aliphatic heterocycles. The molecule has 0 N–H and O–H groups in total. The first-order valence-corrected chi connectivity index (χ1v) is 9.58. The van der Waals surface area contributed by atoms with Crippen molar-refractivity contribution < 1.29 is 18.0 Å². The molecular weight excluding hydrogens is 357 g/mol. The molecule has 1 aliphatic carbocycles. The number of Topliss-reactive ketones (excluding diaryl/α,β-unsaturated/α-hetero) is 1. The quantitative estimate of drug-likeness (QED) is 0.733. The van der Waals surface area contributed by atoms with Crippen LogP contribution in [0, 0.1) is 17.3 Å². The van der Waals surface area contributed by atoms with Gasteiger partial charge in [-0.25, -0.2) is 0 Å². The summed E-state index contributed by atoms with van der Waals surface area (Å²) in [7, 11) is 0. The molecule has 0 radical (unpaired) electrons. The Hall–Kier alpha value is -1.63. The molecule has 2 atom stereocenters. The van der Waals surface area contributed by atoms with Gasteiger partial charge >= 0.3 is 6.18 Å². The van der Waals surface area contributed by atoms with E-state index in [0.29, 0.717) is 28.4 Å². The second kappa shape index (κ2) is 7.78. The van der Waals surface area contributed by atoms with Crippen molar-refractivity contribution in [2.75, 3.05) is 19.6 Å². The lowest BCUT2D eigenvalue weighted by molar-refractivity contribution is -0.144. The molecule has 0 bridgehead atoms. The first-order valence-electron chi connectivity index (χ1n) is 9.58. The predicted octanol–water partition coefficient (Wildman–Crippen LogP) is 4.07. The summed E-state index contributed by atoms with van der Waals surface area (Å²) in [5.74, 6) is 0.773. The molecule has 1 saturated carbocycles. The predicted molar refractivity (Wildman–Crippen MR) is 98.9 cm³/mol. The van der Waals surface area contributed by atoms with Gasteiger partial charge in [0.1, 0.15) is 5.69 Å². The van der Waals surface area contributed by atoms with Gasteiger partial charge < -0.3 is 9.47 Å². The number of rotatable bonds is 4. The summed E-state index contributed by atoms with van der Waals surface area (Å²) in [5, 5.41) is 0. The minimum absolute atomic E-state index is 0.0629. The molecule has 2 fully saturated rings. The fourth-order valence-electron chi connectivity index (χ4n) is 4.24. The molecule has 27 heavy (non-hydrogen) atoms. The number of nitrogens with zero attached hydrogens (tertiary/aromatic N) is 2. The third-order valence-electron chi connectivity index (χ3n) is 5.98. The minimum Gasteiger partial charge on any atom is -0.303 e. The normalized spacial score (nSPS) is 23.9. The van der Waals surface area contributed by atoms with Crippen LogP contribution in [0.2, 0.25) is 0 Å². The highest BCUT2D eigenvalue weighted by Gasteiger charge is 2.58. The van der Waals surface area contributed by atoms with E-state index in [9.17, 15) is 22.8 Å². The van der Waals surface area contributed by atoms with Gasteiger partial charge in [0.25, 0.3) is 5.56 Å². The van der Waals surface area contributed by atoms with Crippen LogP contribution in [0.5, 0.6) is 0 Å². The number of fused-ring (bicyclic) bond motifs is 1.